The summed E-state index contributed by atoms with van der Waals surface area (Å²) in [5.74, 6) is -1.04. The van der Waals surface area contributed by atoms with Crippen LogP contribution in [0.3, 0.4) is 0 Å². The highest BCUT2D eigenvalue weighted by atomic mass is 16.5. The first-order valence-electron chi connectivity index (χ1n) is 6.86. The van der Waals surface area contributed by atoms with E-state index in [-0.39, 0.29) is 11.8 Å². The number of piperidine rings is 1. The number of aliphatic carboxylic acids is 1. The number of rotatable bonds is 3. The van der Waals surface area contributed by atoms with Crippen molar-refractivity contribution in [1.82, 2.24) is 10.1 Å². The summed E-state index contributed by atoms with van der Waals surface area (Å²) >= 11 is 0. The number of hydrogen-bond donors (Lipinski definition) is 1. The fourth-order valence-electron chi connectivity index (χ4n) is 2.88. The van der Waals surface area contributed by atoms with E-state index < -0.39 is 11.9 Å². The molecular formula is C14H20N2O4. The first-order valence-corrected chi connectivity index (χ1v) is 6.86. The molecule has 0 aliphatic carbocycles. The van der Waals surface area contributed by atoms with Gasteiger partial charge in [0.15, 0.2) is 0 Å². The molecule has 1 aliphatic heterocycles. The van der Waals surface area contributed by atoms with E-state index in [2.05, 4.69) is 5.16 Å². The smallest absolute Gasteiger partial charge is 0.308 e. The average Bonchev–Trinajstić information content (AvgIpc) is 2.76. The van der Waals surface area contributed by atoms with Crippen LogP contribution in [0.2, 0.25) is 0 Å². The molecule has 110 valence electrons. The molecule has 2 atom stereocenters. The molecule has 2 heterocycles. The van der Waals surface area contributed by atoms with Crippen molar-refractivity contribution in [2.75, 3.05) is 13.1 Å². The Morgan fingerprint density at radius 1 is 1.45 bits per heavy atom. The summed E-state index contributed by atoms with van der Waals surface area (Å²) in [5.41, 5.74) is 1.53. The summed E-state index contributed by atoms with van der Waals surface area (Å²) in [6.45, 7) is 6.33. The van der Waals surface area contributed by atoms with Gasteiger partial charge in [0.2, 0.25) is 5.91 Å². The highest BCUT2D eigenvalue weighted by Gasteiger charge is 2.32. The number of nitrogens with zero attached hydrogens (tertiary/aromatic N) is 2. The molecule has 0 spiro atoms. The van der Waals surface area contributed by atoms with Crippen molar-refractivity contribution >= 4 is 11.9 Å². The number of hydrogen-bond acceptors (Lipinski definition) is 4. The van der Waals surface area contributed by atoms with Crippen molar-refractivity contribution < 1.29 is 19.2 Å². The Labute approximate surface area is 117 Å². The number of aromatic nitrogens is 1. The third kappa shape index (κ3) is 2.69. The minimum Gasteiger partial charge on any atom is -0.481 e. The third-order valence-electron chi connectivity index (χ3n) is 3.97. The van der Waals surface area contributed by atoms with Gasteiger partial charge in [0.25, 0.3) is 0 Å². The molecule has 1 amide bonds. The van der Waals surface area contributed by atoms with E-state index in [1.54, 1.807) is 11.8 Å². The molecule has 2 rings (SSSR count). The zero-order chi connectivity index (χ0) is 14.9. The molecule has 1 aliphatic rings. The number of carboxylic acid groups (broad SMARTS) is 1. The topological polar surface area (TPSA) is 83.6 Å². The van der Waals surface area contributed by atoms with Gasteiger partial charge in [-0.05, 0) is 33.6 Å². The van der Waals surface area contributed by atoms with Crippen LogP contribution in [0, 0.1) is 19.8 Å². The van der Waals surface area contributed by atoms with Crippen LogP contribution < -0.4 is 0 Å². The van der Waals surface area contributed by atoms with Crippen molar-refractivity contribution in [3.05, 3.63) is 17.0 Å². The van der Waals surface area contributed by atoms with Crippen LogP contribution in [0.15, 0.2) is 4.52 Å². The van der Waals surface area contributed by atoms with Gasteiger partial charge in [-0.2, -0.15) is 0 Å². The van der Waals surface area contributed by atoms with Gasteiger partial charge in [-0.1, -0.05) is 5.16 Å². The van der Waals surface area contributed by atoms with Crippen molar-refractivity contribution in [3.8, 4) is 0 Å². The normalized spacial score (nSPS) is 20.8. The van der Waals surface area contributed by atoms with Crippen molar-refractivity contribution in [2.24, 2.45) is 5.92 Å². The average molecular weight is 280 g/mol. The lowest BCUT2D eigenvalue weighted by Crippen LogP contribution is -2.44. The van der Waals surface area contributed by atoms with E-state index in [0.717, 1.165) is 17.7 Å². The van der Waals surface area contributed by atoms with Gasteiger partial charge < -0.3 is 14.5 Å². The fraction of sp³-hybridized carbons (Fsp3) is 0.643. The molecule has 1 aromatic heterocycles. The van der Waals surface area contributed by atoms with Gasteiger partial charge in [-0.25, -0.2) is 0 Å². The van der Waals surface area contributed by atoms with E-state index in [9.17, 15) is 9.59 Å². The highest BCUT2D eigenvalue weighted by molar-refractivity contribution is 5.84. The summed E-state index contributed by atoms with van der Waals surface area (Å²) in [5, 5.41) is 13.0. The van der Waals surface area contributed by atoms with Crippen LogP contribution in [0.1, 0.15) is 42.7 Å². The zero-order valence-corrected chi connectivity index (χ0v) is 12.0. The second-order valence-electron chi connectivity index (χ2n) is 5.42. The summed E-state index contributed by atoms with van der Waals surface area (Å²) in [4.78, 5) is 25.3. The molecule has 0 saturated carbocycles. The minimum atomic E-state index is -0.826. The first kappa shape index (κ1) is 14.6. The van der Waals surface area contributed by atoms with Crippen LogP contribution in [0.25, 0.3) is 0 Å². The quantitative estimate of drug-likeness (QED) is 0.911. The minimum absolute atomic E-state index is 0.0506. The lowest BCUT2D eigenvalue weighted by Gasteiger charge is -2.32. The van der Waals surface area contributed by atoms with E-state index in [1.165, 1.54) is 0 Å². The van der Waals surface area contributed by atoms with Crippen LogP contribution >= 0.6 is 0 Å². The molecule has 20 heavy (non-hydrogen) atoms. The molecule has 0 unspecified atom stereocenters. The second-order valence-corrected chi connectivity index (χ2v) is 5.42. The maximum Gasteiger partial charge on any atom is 0.308 e. The summed E-state index contributed by atoms with van der Waals surface area (Å²) in [7, 11) is 0. The van der Waals surface area contributed by atoms with Gasteiger partial charge in [0, 0.05) is 18.7 Å². The summed E-state index contributed by atoms with van der Waals surface area (Å²) in [6, 6.07) is 0. The highest BCUT2D eigenvalue weighted by Crippen LogP contribution is 2.27. The largest absolute Gasteiger partial charge is 0.481 e. The van der Waals surface area contributed by atoms with Gasteiger partial charge >= 0.3 is 5.97 Å². The van der Waals surface area contributed by atoms with Gasteiger partial charge in [0.05, 0.1) is 17.5 Å². The number of amides is 1. The predicted octanol–water partition coefficient (Wildman–Crippen LogP) is 1.72. The molecule has 1 saturated heterocycles. The van der Waals surface area contributed by atoms with Crippen molar-refractivity contribution in [1.29, 1.82) is 0 Å². The monoisotopic (exact) mass is 280 g/mol. The SMILES string of the molecule is Cc1noc(C)c1[C@H](C)C(=O)N1CCC[C@H](C(=O)O)C1. The maximum atomic E-state index is 12.5. The lowest BCUT2D eigenvalue weighted by atomic mass is 9.94. The van der Waals surface area contributed by atoms with Crippen molar-refractivity contribution in [2.45, 2.75) is 39.5 Å². The Morgan fingerprint density at radius 2 is 2.15 bits per heavy atom. The molecular weight excluding hydrogens is 260 g/mol. The summed E-state index contributed by atoms with van der Waals surface area (Å²) in [6.07, 6.45) is 1.37. The standard InChI is InChI=1S/C14H20N2O4/c1-8(12-9(2)15-20-10(12)3)13(17)16-6-4-5-11(7-16)14(18)19/h8,11H,4-7H2,1-3H3,(H,18,19)/t8-,11-/m0/s1. The summed E-state index contributed by atoms with van der Waals surface area (Å²) < 4.78 is 5.10. The van der Waals surface area contributed by atoms with Crippen molar-refractivity contribution in [3.63, 3.8) is 0 Å². The molecule has 1 fully saturated rings. The number of carboxylic acids is 1. The Morgan fingerprint density at radius 3 is 2.70 bits per heavy atom. The molecule has 6 nitrogen and oxygen atoms in total. The Bertz CT molecular complexity index is 504. The molecule has 1 N–H and O–H groups in total. The van der Waals surface area contributed by atoms with Gasteiger partial charge in [0.1, 0.15) is 5.76 Å². The number of aryl methyl sites for hydroxylation is 2. The number of carbonyl (C=O) groups excluding carboxylic acids is 1. The molecule has 6 heteroatoms. The van der Waals surface area contributed by atoms with Crippen LogP contribution in [0.5, 0.6) is 0 Å². The van der Waals surface area contributed by atoms with E-state index in [0.29, 0.717) is 25.3 Å². The van der Waals surface area contributed by atoms with Crippen LogP contribution in [-0.2, 0) is 9.59 Å². The molecule has 0 radical (unpaired) electrons. The first-order chi connectivity index (χ1) is 9.41. The number of likely N-dealkylation sites (tertiary alicyclic amines) is 1. The van der Waals surface area contributed by atoms with Gasteiger partial charge in [-0.3, -0.25) is 9.59 Å². The molecule has 0 aromatic carbocycles. The van der Waals surface area contributed by atoms with Crippen LogP contribution in [0.4, 0.5) is 0 Å². The van der Waals surface area contributed by atoms with E-state index >= 15 is 0 Å². The Hall–Kier alpha value is -1.85. The Balaban J connectivity index is 2.13. The maximum absolute atomic E-state index is 12.5. The third-order valence-corrected chi connectivity index (χ3v) is 3.97. The molecule has 1 aromatic rings. The van der Waals surface area contributed by atoms with Gasteiger partial charge in [-0.15, -0.1) is 0 Å². The number of carbonyl (C=O) groups is 2. The zero-order valence-electron chi connectivity index (χ0n) is 12.0. The molecule has 0 bridgehead atoms. The fourth-order valence-corrected chi connectivity index (χ4v) is 2.88. The lowest BCUT2D eigenvalue weighted by molar-refractivity contribution is -0.146. The van der Waals surface area contributed by atoms with E-state index in [4.69, 9.17) is 9.63 Å². The van der Waals surface area contributed by atoms with Crippen LogP contribution in [-0.4, -0.2) is 40.1 Å². The second kappa shape index (κ2) is 5.64. The predicted molar refractivity (Wildman–Crippen MR) is 71.3 cm³/mol. The Kier molecular flexibility index (Phi) is 4.11. The van der Waals surface area contributed by atoms with E-state index in [1.807, 2.05) is 13.8 Å².